The molecule has 0 N–H and O–H groups in total. The molecule has 0 radical (unpaired) electrons. The van der Waals surface area contributed by atoms with Crippen LogP contribution in [0.3, 0.4) is 0 Å². The van der Waals surface area contributed by atoms with E-state index in [-0.39, 0.29) is 5.41 Å². The summed E-state index contributed by atoms with van der Waals surface area (Å²) in [7, 11) is 0. The summed E-state index contributed by atoms with van der Waals surface area (Å²) >= 11 is 0. The minimum atomic E-state index is -0.146. The van der Waals surface area contributed by atoms with Crippen LogP contribution in [0.25, 0.3) is 88.5 Å². The van der Waals surface area contributed by atoms with E-state index >= 15 is 0 Å². The first-order chi connectivity index (χ1) is 25.0. The standard InChI is InChI=1S/C49H34N2/c1-49(2)43-26-14-25-40(47(43)42-27-32-17-6-7-18-33(32)29-44(42)49)46-30-45(50-48(51-46)31-15-4-3-5-16-31)39-24-13-12-23-38(39)41-28-34-19-8-9-20-35(34)36-21-10-11-22-37(36)41/h3-30H,1-2H3. The smallest absolute Gasteiger partial charge is 0.160 e. The normalized spacial score (nSPS) is 13.1. The van der Waals surface area contributed by atoms with Crippen molar-refractivity contribution in [3.63, 3.8) is 0 Å². The molecule has 0 bridgehead atoms. The summed E-state index contributed by atoms with van der Waals surface area (Å²) in [4.78, 5) is 10.7. The average Bonchev–Trinajstić information content (AvgIpc) is 3.42. The van der Waals surface area contributed by atoms with Crippen LogP contribution in [0.1, 0.15) is 25.0 Å². The van der Waals surface area contributed by atoms with Gasteiger partial charge in [-0.15, -0.1) is 0 Å². The largest absolute Gasteiger partial charge is 0.228 e. The number of fused-ring (bicyclic) bond motifs is 7. The lowest BCUT2D eigenvalue weighted by Crippen LogP contribution is -2.14. The van der Waals surface area contributed by atoms with Gasteiger partial charge in [0.1, 0.15) is 0 Å². The van der Waals surface area contributed by atoms with Gasteiger partial charge in [-0.2, -0.15) is 0 Å². The lowest BCUT2D eigenvalue weighted by Gasteiger charge is -2.22. The number of rotatable bonds is 4. The Morgan fingerprint density at radius 1 is 0.373 bits per heavy atom. The highest BCUT2D eigenvalue weighted by atomic mass is 14.9. The highest BCUT2D eigenvalue weighted by Crippen LogP contribution is 2.53. The molecule has 2 heteroatoms. The van der Waals surface area contributed by atoms with Crippen LogP contribution in [0.5, 0.6) is 0 Å². The van der Waals surface area contributed by atoms with E-state index in [2.05, 4.69) is 178 Å². The first kappa shape index (κ1) is 29.5. The van der Waals surface area contributed by atoms with E-state index in [4.69, 9.17) is 9.97 Å². The number of hydrogen-bond donors (Lipinski definition) is 0. The van der Waals surface area contributed by atoms with Gasteiger partial charge in [-0.1, -0.05) is 159 Å². The topological polar surface area (TPSA) is 25.8 Å². The third-order valence-electron chi connectivity index (χ3n) is 10.9. The second-order valence-corrected chi connectivity index (χ2v) is 14.2. The molecule has 0 atom stereocenters. The molecule has 0 fully saturated rings. The predicted octanol–water partition coefficient (Wildman–Crippen LogP) is 12.9. The van der Waals surface area contributed by atoms with E-state index < -0.39 is 0 Å². The van der Waals surface area contributed by atoms with Gasteiger partial charge in [0.05, 0.1) is 11.4 Å². The fourth-order valence-corrected chi connectivity index (χ4v) is 8.34. The molecule has 0 amide bonds. The zero-order valence-corrected chi connectivity index (χ0v) is 28.6. The molecule has 1 aliphatic carbocycles. The van der Waals surface area contributed by atoms with Gasteiger partial charge in [-0.05, 0) is 90.0 Å². The van der Waals surface area contributed by atoms with Crippen LogP contribution in [-0.4, -0.2) is 9.97 Å². The fraction of sp³-hybridized carbons (Fsp3) is 0.0612. The Labute approximate surface area is 297 Å². The molecule has 1 heterocycles. The molecule has 1 aliphatic rings. The van der Waals surface area contributed by atoms with Crippen molar-refractivity contribution >= 4 is 32.3 Å². The molecule has 0 saturated heterocycles. The number of hydrogen-bond acceptors (Lipinski definition) is 2. The van der Waals surface area contributed by atoms with Gasteiger partial charge in [0.15, 0.2) is 5.82 Å². The lowest BCUT2D eigenvalue weighted by molar-refractivity contribution is 0.661. The van der Waals surface area contributed by atoms with E-state index in [0.29, 0.717) is 0 Å². The van der Waals surface area contributed by atoms with Gasteiger partial charge in [0, 0.05) is 22.1 Å². The second kappa shape index (κ2) is 11.3. The minimum Gasteiger partial charge on any atom is -0.228 e. The molecule has 9 aromatic rings. The molecular formula is C49H34N2. The van der Waals surface area contributed by atoms with Crippen LogP contribution in [0.2, 0.25) is 0 Å². The molecule has 2 nitrogen and oxygen atoms in total. The minimum absolute atomic E-state index is 0.146. The summed E-state index contributed by atoms with van der Waals surface area (Å²) in [5.41, 5.74) is 12.5. The van der Waals surface area contributed by atoms with Crippen LogP contribution in [0.4, 0.5) is 0 Å². The Hall–Kier alpha value is -6.38. The van der Waals surface area contributed by atoms with E-state index in [1.165, 1.54) is 60.1 Å². The lowest BCUT2D eigenvalue weighted by atomic mass is 9.81. The summed E-state index contributed by atoms with van der Waals surface area (Å²) in [6.07, 6.45) is 0. The van der Waals surface area contributed by atoms with E-state index in [1.807, 2.05) is 6.07 Å². The van der Waals surface area contributed by atoms with Crippen LogP contribution >= 0.6 is 0 Å². The van der Waals surface area contributed by atoms with Gasteiger partial charge in [-0.3, -0.25) is 0 Å². The van der Waals surface area contributed by atoms with Crippen molar-refractivity contribution in [3.05, 3.63) is 181 Å². The van der Waals surface area contributed by atoms with Gasteiger partial charge in [0.2, 0.25) is 0 Å². The second-order valence-electron chi connectivity index (χ2n) is 14.2. The molecule has 51 heavy (non-hydrogen) atoms. The Kier molecular flexibility index (Phi) is 6.56. The highest BCUT2D eigenvalue weighted by Gasteiger charge is 2.37. The molecule has 10 rings (SSSR count). The third-order valence-corrected chi connectivity index (χ3v) is 10.9. The van der Waals surface area contributed by atoms with Gasteiger partial charge < -0.3 is 0 Å². The molecule has 1 aromatic heterocycles. The zero-order valence-electron chi connectivity index (χ0n) is 28.6. The first-order valence-electron chi connectivity index (χ1n) is 17.7. The number of nitrogens with zero attached hydrogens (tertiary/aromatic N) is 2. The van der Waals surface area contributed by atoms with Gasteiger partial charge >= 0.3 is 0 Å². The monoisotopic (exact) mass is 650 g/mol. The maximum atomic E-state index is 5.34. The Morgan fingerprint density at radius 3 is 1.73 bits per heavy atom. The molecule has 0 spiro atoms. The molecule has 0 aliphatic heterocycles. The van der Waals surface area contributed by atoms with Crippen LogP contribution in [-0.2, 0) is 5.41 Å². The van der Waals surface area contributed by atoms with Crippen LogP contribution in [0.15, 0.2) is 170 Å². The summed E-state index contributed by atoms with van der Waals surface area (Å²) in [5, 5.41) is 7.49. The van der Waals surface area contributed by atoms with Crippen molar-refractivity contribution in [3.8, 4) is 56.2 Å². The molecule has 240 valence electrons. The first-order valence-corrected chi connectivity index (χ1v) is 17.7. The molecule has 0 unspecified atom stereocenters. The Morgan fingerprint density at radius 2 is 0.941 bits per heavy atom. The van der Waals surface area contributed by atoms with Gasteiger partial charge in [-0.25, -0.2) is 9.97 Å². The fourth-order valence-electron chi connectivity index (χ4n) is 8.34. The Bertz CT molecular complexity index is 2830. The van der Waals surface area contributed by atoms with Crippen molar-refractivity contribution < 1.29 is 0 Å². The van der Waals surface area contributed by atoms with Crippen molar-refractivity contribution in [1.82, 2.24) is 9.97 Å². The number of aromatic nitrogens is 2. The van der Waals surface area contributed by atoms with Gasteiger partial charge in [0.25, 0.3) is 0 Å². The molecular weight excluding hydrogens is 617 g/mol. The van der Waals surface area contributed by atoms with Crippen LogP contribution in [0, 0.1) is 0 Å². The van der Waals surface area contributed by atoms with Crippen molar-refractivity contribution in [2.24, 2.45) is 0 Å². The van der Waals surface area contributed by atoms with Crippen molar-refractivity contribution in [1.29, 1.82) is 0 Å². The highest BCUT2D eigenvalue weighted by molar-refractivity contribution is 6.14. The summed E-state index contributed by atoms with van der Waals surface area (Å²) in [6, 6.07) is 61.2. The van der Waals surface area contributed by atoms with Crippen LogP contribution < -0.4 is 0 Å². The average molecular weight is 651 g/mol. The SMILES string of the molecule is CC1(C)c2cc3ccccc3cc2-c2c(-c3cc(-c4ccccc4-c4cc5ccccc5c5ccccc45)nc(-c4ccccc4)n3)cccc21. The summed E-state index contributed by atoms with van der Waals surface area (Å²) < 4.78 is 0. The number of benzene rings is 8. The molecule has 0 saturated carbocycles. The maximum Gasteiger partial charge on any atom is 0.160 e. The van der Waals surface area contributed by atoms with Crippen molar-refractivity contribution in [2.45, 2.75) is 19.3 Å². The van der Waals surface area contributed by atoms with E-state index in [1.54, 1.807) is 0 Å². The maximum absolute atomic E-state index is 5.34. The third kappa shape index (κ3) is 4.64. The van der Waals surface area contributed by atoms with E-state index in [0.717, 1.165) is 39.5 Å². The quantitative estimate of drug-likeness (QED) is 0.177. The summed E-state index contributed by atoms with van der Waals surface area (Å²) in [6.45, 7) is 4.70. The van der Waals surface area contributed by atoms with E-state index in [9.17, 15) is 0 Å². The predicted molar refractivity (Wildman–Crippen MR) is 214 cm³/mol. The summed E-state index contributed by atoms with van der Waals surface area (Å²) in [5.74, 6) is 0.717. The zero-order chi connectivity index (χ0) is 34.1. The van der Waals surface area contributed by atoms with Crippen molar-refractivity contribution in [2.75, 3.05) is 0 Å². The Balaban J connectivity index is 1.24. The molecule has 8 aromatic carbocycles.